The van der Waals surface area contributed by atoms with Gasteiger partial charge in [-0.2, -0.15) is 0 Å². The summed E-state index contributed by atoms with van der Waals surface area (Å²) < 4.78 is 19.8. The number of aryl methyl sites for hydroxylation is 1. The van der Waals surface area contributed by atoms with E-state index < -0.39 is 17.2 Å². The van der Waals surface area contributed by atoms with Crippen LogP contribution in [0.3, 0.4) is 0 Å². The summed E-state index contributed by atoms with van der Waals surface area (Å²) >= 11 is 0. The first-order valence-electron chi connectivity index (χ1n) is 10.1. The van der Waals surface area contributed by atoms with Gasteiger partial charge in [-0.1, -0.05) is 12.1 Å². The van der Waals surface area contributed by atoms with Gasteiger partial charge in [0.2, 0.25) is 0 Å². The lowest BCUT2D eigenvalue weighted by Gasteiger charge is -2.13. The molecule has 2 aromatic heterocycles. The highest BCUT2D eigenvalue weighted by atomic mass is 19.1. The second kappa shape index (κ2) is 9.70. The van der Waals surface area contributed by atoms with Crippen LogP contribution in [0.2, 0.25) is 0 Å². The van der Waals surface area contributed by atoms with Crippen molar-refractivity contribution in [3.63, 3.8) is 0 Å². The summed E-state index contributed by atoms with van der Waals surface area (Å²) in [5.41, 5.74) is 1.30. The van der Waals surface area contributed by atoms with E-state index in [4.69, 9.17) is 4.74 Å². The molecule has 0 atom stereocenters. The van der Waals surface area contributed by atoms with Crippen molar-refractivity contribution in [3.05, 3.63) is 69.4 Å². The first kappa shape index (κ1) is 22.4. The molecule has 8 heteroatoms. The first-order chi connectivity index (χ1) is 14.8. The molecule has 164 valence electrons. The Morgan fingerprint density at radius 1 is 1.26 bits per heavy atom. The second-order valence-corrected chi connectivity index (χ2v) is 7.63. The molecule has 7 nitrogen and oxygen atoms in total. The number of rotatable bonds is 8. The van der Waals surface area contributed by atoms with Crippen LogP contribution in [0.25, 0.3) is 11.0 Å². The molecule has 1 amide bonds. The van der Waals surface area contributed by atoms with Gasteiger partial charge in [-0.25, -0.2) is 4.39 Å². The third-order valence-electron chi connectivity index (χ3n) is 4.87. The van der Waals surface area contributed by atoms with Gasteiger partial charge in [0, 0.05) is 26.4 Å². The fourth-order valence-electron chi connectivity index (χ4n) is 3.25. The van der Waals surface area contributed by atoms with Crippen LogP contribution < -0.4 is 10.9 Å². The lowest BCUT2D eigenvalue weighted by atomic mass is 10.1. The smallest absolute Gasteiger partial charge is 0.267 e. The summed E-state index contributed by atoms with van der Waals surface area (Å²) in [5, 5.41) is 13.3. The van der Waals surface area contributed by atoms with Crippen LogP contribution in [0.15, 0.2) is 41.3 Å². The molecule has 0 aliphatic heterocycles. The zero-order valence-electron chi connectivity index (χ0n) is 17.8. The number of pyridine rings is 2. The van der Waals surface area contributed by atoms with Gasteiger partial charge in [0.25, 0.3) is 11.5 Å². The number of aromatic nitrogens is 2. The first-order valence-corrected chi connectivity index (χ1v) is 10.1. The Bertz CT molecular complexity index is 1140. The highest BCUT2D eigenvalue weighted by Gasteiger charge is 2.22. The van der Waals surface area contributed by atoms with Crippen molar-refractivity contribution < 1.29 is 19.0 Å². The summed E-state index contributed by atoms with van der Waals surface area (Å²) in [5.74, 6) is -1.41. The van der Waals surface area contributed by atoms with E-state index in [-0.39, 0.29) is 23.0 Å². The van der Waals surface area contributed by atoms with E-state index in [1.165, 1.54) is 23.7 Å². The maximum Gasteiger partial charge on any atom is 0.267 e. The number of nitrogens with one attached hydrogen (secondary N) is 1. The molecule has 1 aromatic carbocycles. The van der Waals surface area contributed by atoms with E-state index in [1.54, 1.807) is 24.4 Å². The van der Waals surface area contributed by atoms with E-state index in [0.717, 1.165) is 11.1 Å². The Morgan fingerprint density at radius 3 is 2.65 bits per heavy atom. The monoisotopic (exact) mass is 427 g/mol. The second-order valence-electron chi connectivity index (χ2n) is 7.63. The summed E-state index contributed by atoms with van der Waals surface area (Å²) in [6.45, 7) is 4.65. The SMILES string of the molecule is CC(C)OCCCNC(=O)c1c(O)c2ncc(Cc3ccc(F)cc3)cc2n(C)c1=O. The zero-order valence-corrected chi connectivity index (χ0v) is 17.8. The molecule has 0 unspecified atom stereocenters. The summed E-state index contributed by atoms with van der Waals surface area (Å²) in [6.07, 6.45) is 2.75. The van der Waals surface area contributed by atoms with E-state index in [2.05, 4.69) is 10.3 Å². The molecular formula is C23H26FN3O4. The summed E-state index contributed by atoms with van der Waals surface area (Å²) in [6, 6.07) is 7.85. The quantitative estimate of drug-likeness (QED) is 0.539. The Balaban J connectivity index is 1.84. The molecule has 0 radical (unpaired) electrons. The van der Waals surface area contributed by atoms with E-state index >= 15 is 0 Å². The Labute approximate surface area is 179 Å². The lowest BCUT2D eigenvalue weighted by Crippen LogP contribution is -2.33. The number of carbonyl (C=O) groups excluding carboxylic acids is 1. The van der Waals surface area contributed by atoms with Gasteiger partial charge >= 0.3 is 0 Å². The van der Waals surface area contributed by atoms with Crippen molar-refractivity contribution in [1.82, 2.24) is 14.9 Å². The lowest BCUT2D eigenvalue weighted by molar-refractivity contribution is 0.0756. The average Bonchev–Trinajstić information content (AvgIpc) is 2.73. The third kappa shape index (κ3) is 5.27. The number of carbonyl (C=O) groups is 1. The van der Waals surface area contributed by atoms with Crippen LogP contribution in [0.5, 0.6) is 5.75 Å². The van der Waals surface area contributed by atoms with Crippen molar-refractivity contribution >= 4 is 16.9 Å². The fraction of sp³-hybridized carbons (Fsp3) is 0.348. The third-order valence-corrected chi connectivity index (χ3v) is 4.87. The Kier molecular flexibility index (Phi) is 7.02. The number of fused-ring (bicyclic) bond motifs is 1. The minimum Gasteiger partial charge on any atom is -0.505 e. The molecule has 0 saturated heterocycles. The normalized spacial score (nSPS) is 11.3. The number of halogens is 1. The highest BCUT2D eigenvalue weighted by Crippen LogP contribution is 2.25. The maximum absolute atomic E-state index is 13.1. The van der Waals surface area contributed by atoms with Gasteiger partial charge in [-0.05, 0) is 56.0 Å². The number of ether oxygens (including phenoxy) is 1. The van der Waals surface area contributed by atoms with Crippen LogP contribution in [0.4, 0.5) is 4.39 Å². The Morgan fingerprint density at radius 2 is 1.97 bits per heavy atom. The highest BCUT2D eigenvalue weighted by molar-refractivity contribution is 6.01. The van der Waals surface area contributed by atoms with Gasteiger partial charge in [-0.15, -0.1) is 0 Å². The number of hydrogen-bond donors (Lipinski definition) is 2. The molecule has 0 spiro atoms. The number of benzene rings is 1. The molecule has 3 rings (SSSR count). The van der Waals surface area contributed by atoms with E-state index in [9.17, 15) is 19.1 Å². The molecule has 0 fully saturated rings. The van der Waals surface area contributed by atoms with Gasteiger partial charge < -0.3 is 19.7 Å². The maximum atomic E-state index is 13.1. The van der Waals surface area contributed by atoms with Gasteiger partial charge in [0.15, 0.2) is 5.75 Å². The summed E-state index contributed by atoms with van der Waals surface area (Å²) in [7, 11) is 1.53. The van der Waals surface area contributed by atoms with Gasteiger partial charge in [0.05, 0.1) is 11.6 Å². The van der Waals surface area contributed by atoms with Crippen LogP contribution in [0.1, 0.15) is 41.8 Å². The number of hydrogen-bond acceptors (Lipinski definition) is 5. The van der Waals surface area contributed by atoms with Crippen molar-refractivity contribution in [2.45, 2.75) is 32.8 Å². The van der Waals surface area contributed by atoms with E-state index in [0.29, 0.717) is 31.5 Å². The van der Waals surface area contributed by atoms with Gasteiger partial charge in [-0.3, -0.25) is 14.6 Å². The van der Waals surface area contributed by atoms with Crippen LogP contribution >= 0.6 is 0 Å². The number of nitrogens with zero attached hydrogens (tertiary/aromatic N) is 2. The zero-order chi connectivity index (χ0) is 22.5. The molecule has 0 saturated carbocycles. The number of amides is 1. The van der Waals surface area contributed by atoms with Crippen LogP contribution in [-0.4, -0.2) is 39.8 Å². The Hall–Kier alpha value is -3.26. The molecule has 0 bridgehead atoms. The minimum absolute atomic E-state index is 0.103. The fourth-order valence-corrected chi connectivity index (χ4v) is 3.25. The molecule has 3 aromatic rings. The standard InChI is InChI=1S/C23H26FN3O4/c1-14(2)31-10-4-9-25-22(29)19-21(28)20-18(27(3)23(19)30)12-16(13-26-20)11-15-5-7-17(24)8-6-15/h5-8,12-14,28H,4,9-11H2,1-3H3,(H,25,29). The average molecular weight is 427 g/mol. The van der Waals surface area contributed by atoms with Crippen molar-refractivity contribution in [3.8, 4) is 5.75 Å². The largest absolute Gasteiger partial charge is 0.505 e. The predicted molar refractivity (Wildman–Crippen MR) is 116 cm³/mol. The van der Waals surface area contributed by atoms with Crippen LogP contribution in [-0.2, 0) is 18.2 Å². The predicted octanol–water partition coefficient (Wildman–Crippen LogP) is 2.91. The van der Waals surface area contributed by atoms with Crippen LogP contribution in [0, 0.1) is 5.82 Å². The van der Waals surface area contributed by atoms with Crippen molar-refractivity contribution in [2.75, 3.05) is 13.2 Å². The van der Waals surface area contributed by atoms with E-state index in [1.807, 2.05) is 13.8 Å². The molecule has 0 aliphatic rings. The van der Waals surface area contributed by atoms with Crippen molar-refractivity contribution in [1.29, 1.82) is 0 Å². The molecule has 0 aliphatic carbocycles. The summed E-state index contributed by atoms with van der Waals surface area (Å²) in [4.78, 5) is 29.6. The molecule has 2 heterocycles. The van der Waals surface area contributed by atoms with Crippen molar-refractivity contribution in [2.24, 2.45) is 7.05 Å². The van der Waals surface area contributed by atoms with Gasteiger partial charge in [0.1, 0.15) is 16.9 Å². The molecular weight excluding hydrogens is 401 g/mol. The topological polar surface area (TPSA) is 93.4 Å². The number of aromatic hydroxyl groups is 1. The minimum atomic E-state index is -0.651. The molecule has 2 N–H and O–H groups in total. The molecule has 31 heavy (non-hydrogen) atoms.